The number of carbonyl (C=O) groups is 2. The second kappa shape index (κ2) is 6.91. The van der Waals surface area contributed by atoms with Crippen molar-refractivity contribution in [2.24, 2.45) is 0 Å². The summed E-state index contributed by atoms with van der Waals surface area (Å²) in [4.78, 5) is 28.0. The lowest BCUT2D eigenvalue weighted by molar-refractivity contribution is -0.115. The fourth-order valence-corrected chi connectivity index (χ4v) is 2.35. The molecule has 0 atom stereocenters. The maximum Gasteiger partial charge on any atom is 0.254 e. The molecule has 21 heavy (non-hydrogen) atoms. The van der Waals surface area contributed by atoms with Crippen molar-refractivity contribution in [1.29, 1.82) is 0 Å². The zero-order valence-electron chi connectivity index (χ0n) is 12.4. The third kappa shape index (κ3) is 3.95. The molecule has 114 valence electrons. The van der Waals surface area contributed by atoms with Crippen molar-refractivity contribution >= 4 is 29.1 Å². The predicted octanol–water partition coefficient (Wildman–Crippen LogP) is 2.08. The number of piperazine rings is 1. The first kappa shape index (κ1) is 15.8. The molecule has 1 aliphatic heterocycles. The van der Waals surface area contributed by atoms with Gasteiger partial charge in [0, 0.05) is 38.2 Å². The Morgan fingerprint density at radius 1 is 1.24 bits per heavy atom. The molecule has 0 unspecified atom stereocenters. The largest absolute Gasteiger partial charge is 0.336 e. The lowest BCUT2D eigenvalue weighted by Gasteiger charge is -2.32. The first-order valence-corrected chi connectivity index (χ1v) is 7.46. The van der Waals surface area contributed by atoms with Crippen molar-refractivity contribution in [1.82, 2.24) is 9.80 Å². The Kier molecular flexibility index (Phi) is 5.20. The minimum atomic E-state index is -0.124. The second-order valence-electron chi connectivity index (χ2n) is 5.19. The molecule has 5 nitrogen and oxygen atoms in total. The molecule has 1 N–H and O–H groups in total. The molecular weight excluding hydrogens is 290 g/mol. The molecule has 1 aromatic rings. The van der Waals surface area contributed by atoms with Crippen molar-refractivity contribution in [3.8, 4) is 0 Å². The average molecular weight is 310 g/mol. The van der Waals surface area contributed by atoms with E-state index in [1.807, 2.05) is 11.9 Å². The monoisotopic (exact) mass is 309 g/mol. The van der Waals surface area contributed by atoms with Crippen LogP contribution in [-0.2, 0) is 4.79 Å². The van der Waals surface area contributed by atoms with Crippen LogP contribution < -0.4 is 5.32 Å². The predicted molar refractivity (Wildman–Crippen MR) is 83.8 cm³/mol. The smallest absolute Gasteiger partial charge is 0.254 e. The van der Waals surface area contributed by atoms with E-state index in [0.717, 1.165) is 13.1 Å². The summed E-state index contributed by atoms with van der Waals surface area (Å²) in [6.07, 6.45) is 0.368. The highest BCUT2D eigenvalue weighted by Gasteiger charge is 2.21. The van der Waals surface area contributed by atoms with Crippen LogP contribution in [0.15, 0.2) is 18.2 Å². The molecule has 0 aliphatic carbocycles. The standard InChI is InChI=1S/C15H20ClN3O2/c1-3-14(20)17-13-10-11(4-5-12(13)16)15(21)19-8-6-18(2)7-9-19/h4-5,10H,3,6-9H2,1-2H3,(H,17,20). The third-order valence-electron chi connectivity index (χ3n) is 3.60. The molecule has 0 saturated carbocycles. The number of hydrogen-bond donors (Lipinski definition) is 1. The molecule has 0 aromatic heterocycles. The molecule has 1 heterocycles. The zero-order chi connectivity index (χ0) is 15.4. The van der Waals surface area contributed by atoms with Crippen LogP contribution in [0.5, 0.6) is 0 Å². The van der Waals surface area contributed by atoms with E-state index in [9.17, 15) is 9.59 Å². The molecule has 0 radical (unpaired) electrons. The molecule has 1 fully saturated rings. The van der Waals surface area contributed by atoms with Crippen LogP contribution in [-0.4, -0.2) is 54.8 Å². The van der Waals surface area contributed by atoms with E-state index in [1.165, 1.54) is 0 Å². The quantitative estimate of drug-likeness (QED) is 0.930. The number of hydrogen-bond acceptors (Lipinski definition) is 3. The van der Waals surface area contributed by atoms with Crippen molar-refractivity contribution in [3.05, 3.63) is 28.8 Å². The van der Waals surface area contributed by atoms with Crippen LogP contribution >= 0.6 is 11.6 Å². The van der Waals surface area contributed by atoms with Gasteiger partial charge in [0.1, 0.15) is 0 Å². The highest BCUT2D eigenvalue weighted by molar-refractivity contribution is 6.33. The van der Waals surface area contributed by atoms with Crippen LogP contribution in [0.4, 0.5) is 5.69 Å². The lowest BCUT2D eigenvalue weighted by Crippen LogP contribution is -2.47. The molecule has 1 saturated heterocycles. The van der Waals surface area contributed by atoms with Crippen LogP contribution in [0, 0.1) is 0 Å². The topological polar surface area (TPSA) is 52.7 Å². The fourth-order valence-electron chi connectivity index (χ4n) is 2.18. The molecule has 2 amide bonds. The summed E-state index contributed by atoms with van der Waals surface area (Å²) in [5.41, 5.74) is 1.04. The summed E-state index contributed by atoms with van der Waals surface area (Å²) >= 11 is 6.06. The average Bonchev–Trinajstić information content (AvgIpc) is 2.49. The van der Waals surface area contributed by atoms with Gasteiger partial charge in [0.2, 0.25) is 5.91 Å². The summed E-state index contributed by atoms with van der Waals surface area (Å²) in [7, 11) is 2.04. The fraction of sp³-hybridized carbons (Fsp3) is 0.467. The normalized spacial score (nSPS) is 15.9. The Labute approximate surface area is 129 Å². The van der Waals surface area contributed by atoms with E-state index < -0.39 is 0 Å². The van der Waals surface area contributed by atoms with E-state index in [1.54, 1.807) is 25.1 Å². The first-order chi connectivity index (χ1) is 10.0. The van der Waals surface area contributed by atoms with Gasteiger partial charge >= 0.3 is 0 Å². The van der Waals surface area contributed by atoms with Crippen LogP contribution in [0.3, 0.4) is 0 Å². The van der Waals surface area contributed by atoms with Crippen LogP contribution in [0.1, 0.15) is 23.7 Å². The Balaban J connectivity index is 2.14. The molecule has 1 aromatic carbocycles. The van der Waals surface area contributed by atoms with E-state index in [4.69, 9.17) is 11.6 Å². The molecule has 0 spiro atoms. The van der Waals surface area contributed by atoms with Gasteiger partial charge < -0.3 is 15.1 Å². The number of halogens is 1. The van der Waals surface area contributed by atoms with Gasteiger partial charge in [0.25, 0.3) is 5.91 Å². The van der Waals surface area contributed by atoms with Gasteiger partial charge in [0.05, 0.1) is 10.7 Å². The van der Waals surface area contributed by atoms with E-state index in [2.05, 4.69) is 10.2 Å². The minimum absolute atomic E-state index is 0.0215. The Hall–Kier alpha value is -1.59. The van der Waals surface area contributed by atoms with Gasteiger partial charge in [0.15, 0.2) is 0 Å². The van der Waals surface area contributed by atoms with Crippen molar-refractivity contribution in [3.63, 3.8) is 0 Å². The minimum Gasteiger partial charge on any atom is -0.336 e. The van der Waals surface area contributed by atoms with Crippen molar-refractivity contribution < 1.29 is 9.59 Å². The summed E-state index contributed by atoms with van der Waals surface area (Å²) in [5, 5.41) is 3.15. The Bertz CT molecular complexity index is 540. The van der Waals surface area contributed by atoms with Gasteiger partial charge in [-0.05, 0) is 25.2 Å². The highest BCUT2D eigenvalue weighted by atomic mass is 35.5. The first-order valence-electron chi connectivity index (χ1n) is 7.08. The second-order valence-corrected chi connectivity index (χ2v) is 5.60. The van der Waals surface area contributed by atoms with Crippen molar-refractivity contribution in [2.75, 3.05) is 38.5 Å². The Morgan fingerprint density at radius 3 is 2.52 bits per heavy atom. The van der Waals surface area contributed by atoms with Gasteiger partial charge in [-0.1, -0.05) is 18.5 Å². The number of carbonyl (C=O) groups excluding carboxylic acids is 2. The summed E-state index contributed by atoms with van der Waals surface area (Å²) in [6, 6.07) is 5.00. The number of likely N-dealkylation sites (N-methyl/N-ethyl adjacent to an activating group) is 1. The number of amides is 2. The van der Waals surface area contributed by atoms with E-state index >= 15 is 0 Å². The molecular formula is C15H20ClN3O2. The number of nitrogens with one attached hydrogen (secondary N) is 1. The number of nitrogens with zero attached hydrogens (tertiary/aromatic N) is 2. The van der Waals surface area contributed by atoms with Gasteiger partial charge in [-0.15, -0.1) is 0 Å². The molecule has 2 rings (SSSR count). The van der Waals surface area contributed by atoms with E-state index in [-0.39, 0.29) is 11.8 Å². The maximum absolute atomic E-state index is 12.5. The molecule has 1 aliphatic rings. The summed E-state index contributed by atoms with van der Waals surface area (Å²) in [5.74, 6) is -0.145. The molecule has 6 heteroatoms. The third-order valence-corrected chi connectivity index (χ3v) is 3.93. The van der Waals surface area contributed by atoms with E-state index in [0.29, 0.717) is 35.8 Å². The van der Waals surface area contributed by atoms with Crippen LogP contribution in [0.2, 0.25) is 5.02 Å². The van der Waals surface area contributed by atoms with Gasteiger partial charge in [-0.25, -0.2) is 0 Å². The molecule has 0 bridgehead atoms. The van der Waals surface area contributed by atoms with Crippen molar-refractivity contribution in [2.45, 2.75) is 13.3 Å². The Morgan fingerprint density at radius 2 is 1.90 bits per heavy atom. The van der Waals surface area contributed by atoms with Gasteiger partial charge in [-0.2, -0.15) is 0 Å². The number of benzene rings is 1. The summed E-state index contributed by atoms with van der Waals surface area (Å²) < 4.78 is 0. The number of rotatable bonds is 3. The number of anilines is 1. The zero-order valence-corrected chi connectivity index (χ0v) is 13.1. The maximum atomic E-state index is 12.5. The lowest BCUT2D eigenvalue weighted by atomic mass is 10.1. The van der Waals surface area contributed by atoms with Gasteiger partial charge in [-0.3, -0.25) is 9.59 Å². The SMILES string of the molecule is CCC(=O)Nc1cc(C(=O)N2CCN(C)CC2)ccc1Cl. The van der Waals surface area contributed by atoms with Crippen LogP contribution in [0.25, 0.3) is 0 Å². The summed E-state index contributed by atoms with van der Waals surface area (Å²) in [6.45, 7) is 4.95. The highest BCUT2D eigenvalue weighted by Crippen LogP contribution is 2.24.